The topological polar surface area (TPSA) is 79.7 Å². The average molecular weight is 302 g/mol. The number of carbonyl (C=O) groups is 2. The average Bonchev–Trinajstić information content (AvgIpc) is 2.98. The molecule has 1 aliphatic rings. The monoisotopic (exact) mass is 302 g/mol. The first kappa shape index (κ1) is 14.1. The number of imidazole rings is 1. The first-order valence-corrected chi connectivity index (χ1v) is 6.71. The Morgan fingerprint density at radius 3 is 2.91 bits per heavy atom. The molecule has 0 saturated carbocycles. The van der Waals surface area contributed by atoms with E-state index in [9.17, 15) is 9.59 Å². The zero-order valence-electron chi connectivity index (χ0n) is 11.9. The summed E-state index contributed by atoms with van der Waals surface area (Å²) in [5.74, 6) is -0.569. The van der Waals surface area contributed by atoms with Crippen LogP contribution in [-0.2, 0) is 16.0 Å². The van der Waals surface area contributed by atoms with Gasteiger partial charge < -0.3 is 18.8 Å². The van der Waals surface area contributed by atoms with Crippen molar-refractivity contribution in [3.05, 3.63) is 48.0 Å². The second-order valence-corrected chi connectivity index (χ2v) is 4.74. The fraction of sp³-hybridized carbons (Fsp3) is 0.267. The smallest absolute Gasteiger partial charge is 0.359 e. The Bertz CT molecular complexity index is 695. The molecule has 0 fully saturated rings. The lowest BCUT2D eigenvalue weighted by molar-refractivity contribution is 0.00181. The number of rotatable bonds is 4. The Balaban J connectivity index is 1.71. The van der Waals surface area contributed by atoms with Crippen LogP contribution in [0.3, 0.4) is 0 Å². The third-order valence-electron chi connectivity index (χ3n) is 3.26. The Morgan fingerprint density at radius 2 is 2.18 bits per heavy atom. The van der Waals surface area contributed by atoms with Crippen molar-refractivity contribution in [2.45, 2.75) is 12.6 Å². The van der Waals surface area contributed by atoms with Crippen LogP contribution in [0.4, 0.5) is 0 Å². The molecule has 1 aliphatic heterocycles. The van der Waals surface area contributed by atoms with Crippen molar-refractivity contribution >= 4 is 11.9 Å². The number of para-hydroxylation sites is 1. The maximum Gasteiger partial charge on any atom is 0.359 e. The van der Waals surface area contributed by atoms with Crippen LogP contribution in [0.5, 0.6) is 5.75 Å². The van der Waals surface area contributed by atoms with Gasteiger partial charge in [-0.05, 0) is 12.1 Å². The van der Waals surface area contributed by atoms with E-state index in [1.54, 1.807) is 4.57 Å². The SMILES string of the molecule is COC(=O)c1ncn2c1C(=O)O[C@@H](COc1ccccc1)C2. The number of methoxy groups -OCH3 is 1. The number of hydrogen-bond donors (Lipinski definition) is 0. The van der Waals surface area contributed by atoms with Gasteiger partial charge in [0.2, 0.25) is 0 Å². The Kier molecular flexibility index (Phi) is 3.78. The summed E-state index contributed by atoms with van der Waals surface area (Å²) >= 11 is 0. The molecule has 7 heteroatoms. The molecule has 0 unspecified atom stereocenters. The fourth-order valence-electron chi connectivity index (χ4n) is 2.24. The molecule has 1 aromatic heterocycles. The van der Waals surface area contributed by atoms with Gasteiger partial charge in [-0.2, -0.15) is 0 Å². The predicted octanol–water partition coefficient (Wildman–Crippen LogP) is 1.29. The molecule has 0 bridgehead atoms. The molecule has 2 aromatic rings. The van der Waals surface area contributed by atoms with Gasteiger partial charge >= 0.3 is 11.9 Å². The normalized spacial score (nSPS) is 16.6. The van der Waals surface area contributed by atoms with Crippen molar-refractivity contribution in [1.29, 1.82) is 0 Å². The summed E-state index contributed by atoms with van der Waals surface area (Å²) in [6, 6.07) is 9.25. The lowest BCUT2D eigenvalue weighted by Crippen LogP contribution is -2.36. The zero-order valence-corrected chi connectivity index (χ0v) is 11.9. The van der Waals surface area contributed by atoms with E-state index in [-0.39, 0.29) is 18.0 Å². The molecule has 0 amide bonds. The number of ether oxygens (including phenoxy) is 3. The first-order valence-electron chi connectivity index (χ1n) is 6.71. The van der Waals surface area contributed by atoms with Crippen LogP contribution in [0.15, 0.2) is 36.7 Å². The van der Waals surface area contributed by atoms with Crippen LogP contribution in [0.2, 0.25) is 0 Å². The van der Waals surface area contributed by atoms with Crippen molar-refractivity contribution in [1.82, 2.24) is 9.55 Å². The predicted molar refractivity (Wildman–Crippen MR) is 74.7 cm³/mol. The minimum Gasteiger partial charge on any atom is -0.490 e. The third-order valence-corrected chi connectivity index (χ3v) is 3.26. The van der Waals surface area contributed by atoms with E-state index in [1.165, 1.54) is 13.4 Å². The van der Waals surface area contributed by atoms with Crippen LogP contribution < -0.4 is 4.74 Å². The highest BCUT2D eigenvalue weighted by Gasteiger charge is 2.33. The van der Waals surface area contributed by atoms with E-state index >= 15 is 0 Å². The number of cyclic esters (lactones) is 1. The second kappa shape index (κ2) is 5.88. The van der Waals surface area contributed by atoms with E-state index in [4.69, 9.17) is 9.47 Å². The minimum absolute atomic E-state index is 0.0325. The summed E-state index contributed by atoms with van der Waals surface area (Å²) in [7, 11) is 1.23. The largest absolute Gasteiger partial charge is 0.490 e. The van der Waals surface area contributed by atoms with E-state index in [0.29, 0.717) is 12.3 Å². The standard InChI is InChI=1S/C15H14N2O5/c1-20-14(18)12-13-15(19)22-11(7-17(13)9-16-12)8-21-10-5-3-2-4-6-10/h2-6,9,11H,7-8H2,1H3/t11-/m1/s1. The highest BCUT2D eigenvalue weighted by atomic mass is 16.6. The Labute approximate surface area is 126 Å². The van der Waals surface area contributed by atoms with Crippen LogP contribution >= 0.6 is 0 Å². The van der Waals surface area contributed by atoms with Gasteiger partial charge in [0.1, 0.15) is 12.4 Å². The first-order chi connectivity index (χ1) is 10.7. The van der Waals surface area contributed by atoms with Gasteiger partial charge in [-0.3, -0.25) is 0 Å². The molecule has 0 radical (unpaired) electrons. The molecular formula is C15H14N2O5. The molecular weight excluding hydrogens is 288 g/mol. The highest BCUT2D eigenvalue weighted by molar-refractivity contribution is 6.01. The van der Waals surface area contributed by atoms with Crippen LogP contribution in [-0.4, -0.2) is 41.3 Å². The minimum atomic E-state index is -0.662. The van der Waals surface area contributed by atoms with Crippen LogP contribution in [0.1, 0.15) is 21.0 Å². The van der Waals surface area contributed by atoms with Crippen molar-refractivity contribution in [3.63, 3.8) is 0 Å². The number of nitrogens with zero attached hydrogens (tertiary/aromatic N) is 2. The number of fused-ring (bicyclic) bond motifs is 1. The molecule has 2 heterocycles. The Hall–Kier alpha value is -2.83. The summed E-state index contributed by atoms with van der Waals surface area (Å²) < 4.78 is 17.1. The third kappa shape index (κ3) is 2.65. The fourth-order valence-corrected chi connectivity index (χ4v) is 2.24. The number of esters is 2. The number of hydrogen-bond acceptors (Lipinski definition) is 6. The van der Waals surface area contributed by atoms with Gasteiger partial charge in [0.25, 0.3) is 0 Å². The summed E-state index contributed by atoms with van der Waals surface area (Å²) in [5, 5.41) is 0. The lowest BCUT2D eigenvalue weighted by Gasteiger charge is -2.24. The van der Waals surface area contributed by atoms with E-state index < -0.39 is 18.0 Å². The number of carbonyl (C=O) groups excluding carboxylic acids is 2. The molecule has 7 nitrogen and oxygen atoms in total. The molecule has 0 spiro atoms. The molecule has 1 atom stereocenters. The van der Waals surface area contributed by atoms with Gasteiger partial charge in [0.05, 0.1) is 20.0 Å². The molecule has 3 rings (SSSR count). The molecule has 0 aliphatic carbocycles. The van der Waals surface area contributed by atoms with E-state index in [1.807, 2.05) is 30.3 Å². The van der Waals surface area contributed by atoms with E-state index in [0.717, 1.165) is 0 Å². The van der Waals surface area contributed by atoms with Crippen molar-refractivity contribution in [2.75, 3.05) is 13.7 Å². The summed E-state index contributed by atoms with van der Waals surface area (Å²) in [5.41, 5.74) is 0.0812. The quantitative estimate of drug-likeness (QED) is 0.792. The maximum absolute atomic E-state index is 12.1. The number of benzene rings is 1. The lowest BCUT2D eigenvalue weighted by atomic mass is 10.2. The molecule has 114 valence electrons. The highest BCUT2D eigenvalue weighted by Crippen LogP contribution is 2.19. The Morgan fingerprint density at radius 1 is 1.41 bits per heavy atom. The molecule has 0 N–H and O–H groups in total. The van der Waals surface area contributed by atoms with Crippen LogP contribution in [0, 0.1) is 0 Å². The van der Waals surface area contributed by atoms with Crippen molar-refractivity contribution < 1.29 is 23.8 Å². The molecule has 1 aromatic carbocycles. The second-order valence-electron chi connectivity index (χ2n) is 4.74. The van der Waals surface area contributed by atoms with Gasteiger partial charge in [0, 0.05) is 0 Å². The number of aromatic nitrogens is 2. The van der Waals surface area contributed by atoms with Gasteiger partial charge in [-0.25, -0.2) is 14.6 Å². The van der Waals surface area contributed by atoms with Crippen LogP contribution in [0.25, 0.3) is 0 Å². The van der Waals surface area contributed by atoms with Gasteiger partial charge in [-0.15, -0.1) is 0 Å². The maximum atomic E-state index is 12.1. The molecule has 22 heavy (non-hydrogen) atoms. The van der Waals surface area contributed by atoms with Gasteiger partial charge in [-0.1, -0.05) is 18.2 Å². The summed E-state index contributed by atoms with van der Waals surface area (Å²) in [6.45, 7) is 0.596. The summed E-state index contributed by atoms with van der Waals surface area (Å²) in [6.07, 6.45) is 0.984. The molecule has 0 saturated heterocycles. The van der Waals surface area contributed by atoms with Gasteiger partial charge in [0.15, 0.2) is 17.5 Å². The zero-order chi connectivity index (χ0) is 15.5. The summed E-state index contributed by atoms with van der Waals surface area (Å²) in [4.78, 5) is 27.5. The van der Waals surface area contributed by atoms with Crippen molar-refractivity contribution in [3.8, 4) is 5.75 Å². The van der Waals surface area contributed by atoms with E-state index in [2.05, 4.69) is 9.72 Å². The van der Waals surface area contributed by atoms with Crippen molar-refractivity contribution in [2.24, 2.45) is 0 Å².